The number of hydrogen-bond acceptors (Lipinski definition) is 3. The molecule has 0 radical (unpaired) electrons. The summed E-state index contributed by atoms with van der Waals surface area (Å²) in [6.45, 7) is 10.1. The molecule has 1 amide bonds. The summed E-state index contributed by atoms with van der Waals surface area (Å²) in [6.07, 6.45) is 2.19. The molecule has 24 heavy (non-hydrogen) atoms. The molecule has 0 aromatic heterocycles. The lowest BCUT2D eigenvalue weighted by Gasteiger charge is -2.19. The summed E-state index contributed by atoms with van der Waals surface area (Å²) in [5.74, 6) is 1.22. The van der Waals surface area contributed by atoms with E-state index in [-0.39, 0.29) is 5.92 Å². The lowest BCUT2D eigenvalue weighted by Crippen LogP contribution is -2.33. The summed E-state index contributed by atoms with van der Waals surface area (Å²) in [7, 11) is 0. The minimum absolute atomic E-state index is 0.214. The molecule has 0 bridgehead atoms. The Kier molecular flexibility index (Phi) is 6.05. The Morgan fingerprint density at radius 3 is 2.75 bits per heavy atom. The van der Waals surface area contributed by atoms with Gasteiger partial charge in [-0.1, -0.05) is 35.9 Å². The molecule has 1 fully saturated rings. The number of ether oxygens (including phenoxy) is 2. The van der Waals surface area contributed by atoms with Crippen LogP contribution in [-0.4, -0.2) is 24.8 Å². The molecule has 6 heteroatoms. The smallest absolute Gasteiger partial charge is 0.407 e. The highest BCUT2D eigenvalue weighted by Crippen LogP contribution is 2.53. The lowest BCUT2D eigenvalue weighted by molar-refractivity contribution is 0.0525. The monoisotopic (exact) mass is 371 g/mol. The minimum atomic E-state index is -0.505. The van der Waals surface area contributed by atoms with E-state index in [1.807, 2.05) is 26.8 Å². The van der Waals surface area contributed by atoms with E-state index in [1.54, 1.807) is 12.1 Å². The molecule has 1 saturated carbocycles. The molecule has 2 unspecified atom stereocenters. The Balaban J connectivity index is 2.00. The van der Waals surface area contributed by atoms with Crippen molar-refractivity contribution >= 4 is 29.3 Å². The highest BCUT2D eigenvalue weighted by atomic mass is 35.5. The van der Waals surface area contributed by atoms with Gasteiger partial charge in [-0.25, -0.2) is 4.79 Å². The average Bonchev–Trinajstić information content (AvgIpc) is 3.24. The molecule has 0 saturated heterocycles. The summed E-state index contributed by atoms with van der Waals surface area (Å²) >= 11 is 12.5. The van der Waals surface area contributed by atoms with Gasteiger partial charge in [0.1, 0.15) is 18.0 Å². The fourth-order valence-electron chi connectivity index (χ4n) is 2.52. The van der Waals surface area contributed by atoms with Gasteiger partial charge in [0, 0.05) is 12.1 Å². The summed E-state index contributed by atoms with van der Waals surface area (Å²) in [4.78, 5) is 11.7. The van der Waals surface area contributed by atoms with Crippen LogP contribution in [0.5, 0.6) is 5.75 Å². The summed E-state index contributed by atoms with van der Waals surface area (Å²) in [5, 5.41) is 3.82. The van der Waals surface area contributed by atoms with Gasteiger partial charge in [-0.05, 0) is 51.2 Å². The van der Waals surface area contributed by atoms with Crippen LogP contribution < -0.4 is 10.1 Å². The molecule has 1 N–H and O–H groups in total. The van der Waals surface area contributed by atoms with Gasteiger partial charge in [0.15, 0.2) is 0 Å². The largest absolute Gasteiger partial charge is 0.489 e. The van der Waals surface area contributed by atoms with Crippen molar-refractivity contribution in [3.8, 4) is 5.75 Å². The molecular weight excluding hydrogens is 349 g/mol. The number of rotatable bonds is 6. The van der Waals surface area contributed by atoms with Crippen molar-refractivity contribution in [2.24, 2.45) is 5.92 Å². The first-order chi connectivity index (χ1) is 11.2. The fraction of sp³-hybridized carbons (Fsp3) is 0.500. The minimum Gasteiger partial charge on any atom is -0.489 e. The van der Waals surface area contributed by atoms with Gasteiger partial charge < -0.3 is 14.8 Å². The second kappa shape index (κ2) is 7.66. The second-order valence-electron chi connectivity index (χ2n) is 6.86. The number of alkyl carbamates (subject to hydrolysis) is 1. The fourth-order valence-corrected chi connectivity index (χ4v) is 2.99. The van der Waals surface area contributed by atoms with E-state index in [4.69, 9.17) is 32.7 Å². The van der Waals surface area contributed by atoms with Crippen molar-refractivity contribution in [3.63, 3.8) is 0 Å². The summed E-state index contributed by atoms with van der Waals surface area (Å²) in [6, 6.07) is 3.55. The SMILES string of the molecule is C=CCOc1ccc(Cl)c(Cl)c1C1CC1CNC(=O)OC(C)(C)C. The van der Waals surface area contributed by atoms with Gasteiger partial charge in [0.05, 0.1) is 10.0 Å². The molecule has 1 aliphatic carbocycles. The van der Waals surface area contributed by atoms with E-state index >= 15 is 0 Å². The van der Waals surface area contributed by atoms with Crippen LogP contribution in [0.2, 0.25) is 10.0 Å². The topological polar surface area (TPSA) is 47.6 Å². The van der Waals surface area contributed by atoms with Crippen LogP contribution in [-0.2, 0) is 4.74 Å². The summed E-state index contributed by atoms with van der Waals surface area (Å²) in [5.41, 5.74) is 0.400. The number of hydrogen-bond donors (Lipinski definition) is 1. The van der Waals surface area contributed by atoms with Crippen LogP contribution in [0.3, 0.4) is 0 Å². The number of carbonyl (C=O) groups excluding carboxylic acids is 1. The maximum Gasteiger partial charge on any atom is 0.407 e. The second-order valence-corrected chi connectivity index (χ2v) is 7.64. The third-order valence-electron chi connectivity index (χ3n) is 3.65. The zero-order valence-corrected chi connectivity index (χ0v) is 15.7. The van der Waals surface area contributed by atoms with Gasteiger partial charge in [0.25, 0.3) is 0 Å². The van der Waals surface area contributed by atoms with Crippen LogP contribution in [0.1, 0.15) is 38.7 Å². The molecule has 1 aromatic rings. The van der Waals surface area contributed by atoms with Gasteiger partial charge in [0.2, 0.25) is 0 Å². The predicted octanol–water partition coefficient (Wildman–Crippen LogP) is 5.19. The van der Waals surface area contributed by atoms with E-state index in [0.29, 0.717) is 34.9 Å². The van der Waals surface area contributed by atoms with Gasteiger partial charge in [-0.3, -0.25) is 0 Å². The Morgan fingerprint density at radius 2 is 2.12 bits per heavy atom. The lowest BCUT2D eigenvalue weighted by atomic mass is 10.1. The first kappa shape index (κ1) is 18.9. The highest BCUT2D eigenvalue weighted by molar-refractivity contribution is 6.42. The quantitative estimate of drug-likeness (QED) is 0.700. The van der Waals surface area contributed by atoms with Crippen molar-refractivity contribution in [2.75, 3.05) is 13.2 Å². The molecule has 1 aromatic carbocycles. The van der Waals surface area contributed by atoms with Crippen molar-refractivity contribution in [1.82, 2.24) is 5.32 Å². The molecule has 0 heterocycles. The number of nitrogens with one attached hydrogen (secondary N) is 1. The molecule has 132 valence electrons. The summed E-state index contributed by atoms with van der Waals surface area (Å²) < 4.78 is 10.9. The Morgan fingerprint density at radius 1 is 1.42 bits per heavy atom. The van der Waals surface area contributed by atoms with E-state index in [0.717, 1.165) is 12.0 Å². The molecule has 2 atom stereocenters. The number of carbonyl (C=O) groups is 1. The molecule has 1 aliphatic rings. The van der Waals surface area contributed by atoms with Gasteiger partial charge >= 0.3 is 6.09 Å². The maximum absolute atomic E-state index is 11.7. The first-order valence-electron chi connectivity index (χ1n) is 7.91. The zero-order valence-electron chi connectivity index (χ0n) is 14.2. The van der Waals surface area contributed by atoms with Gasteiger partial charge in [-0.2, -0.15) is 0 Å². The van der Waals surface area contributed by atoms with E-state index in [1.165, 1.54) is 0 Å². The van der Waals surface area contributed by atoms with E-state index in [2.05, 4.69) is 11.9 Å². The van der Waals surface area contributed by atoms with E-state index in [9.17, 15) is 4.79 Å². The number of halogens is 2. The highest BCUT2D eigenvalue weighted by Gasteiger charge is 2.42. The molecular formula is C18H23Cl2NO3. The molecule has 0 spiro atoms. The average molecular weight is 372 g/mol. The first-order valence-corrected chi connectivity index (χ1v) is 8.67. The predicted molar refractivity (Wildman–Crippen MR) is 97.2 cm³/mol. The van der Waals surface area contributed by atoms with Crippen LogP contribution in [0.15, 0.2) is 24.8 Å². The van der Waals surface area contributed by atoms with Crippen LogP contribution in [0.4, 0.5) is 4.79 Å². The van der Waals surface area contributed by atoms with Crippen molar-refractivity contribution < 1.29 is 14.3 Å². The van der Waals surface area contributed by atoms with Crippen LogP contribution in [0.25, 0.3) is 0 Å². The van der Waals surface area contributed by atoms with Crippen molar-refractivity contribution in [3.05, 3.63) is 40.4 Å². The standard InChI is InChI=1S/C18H23Cl2NO3/c1-5-8-23-14-7-6-13(19)16(20)15(14)12-9-11(12)10-21-17(22)24-18(2,3)4/h5-7,11-12H,1,8-10H2,2-4H3,(H,21,22). The number of amides is 1. The zero-order chi connectivity index (χ0) is 17.9. The molecule has 0 aliphatic heterocycles. The maximum atomic E-state index is 11.7. The molecule has 2 rings (SSSR count). The van der Waals surface area contributed by atoms with Crippen molar-refractivity contribution in [1.29, 1.82) is 0 Å². The Bertz CT molecular complexity index is 625. The van der Waals surface area contributed by atoms with Crippen molar-refractivity contribution in [2.45, 2.75) is 38.7 Å². The van der Waals surface area contributed by atoms with Crippen LogP contribution in [0, 0.1) is 5.92 Å². The normalized spacial score (nSPS) is 19.5. The third-order valence-corrected chi connectivity index (χ3v) is 4.47. The Labute approximate surface area is 153 Å². The van der Waals surface area contributed by atoms with E-state index < -0.39 is 11.7 Å². The molecule has 4 nitrogen and oxygen atoms in total. The van der Waals surface area contributed by atoms with Gasteiger partial charge in [-0.15, -0.1) is 0 Å². The van der Waals surface area contributed by atoms with Crippen LogP contribution >= 0.6 is 23.2 Å². The Hall–Kier alpha value is -1.39. The third kappa shape index (κ3) is 5.05. The number of benzene rings is 1.